The van der Waals surface area contributed by atoms with Crippen LogP contribution >= 0.6 is 0 Å². The molecule has 0 N–H and O–H groups in total. The average molecular weight is 423 g/mol. The SMILES string of the molecule is CCO[Si](OCC)(OCC)OS(=O)(=O)O[Si](OCC)(OCC)OCC. The van der Waals surface area contributed by atoms with Crippen LogP contribution in [0.4, 0.5) is 0 Å². The lowest BCUT2D eigenvalue weighted by Crippen LogP contribution is -2.55. The van der Waals surface area contributed by atoms with Crippen LogP contribution in [0.2, 0.25) is 0 Å². The number of rotatable bonds is 16. The minimum Gasteiger partial charge on any atom is -0.351 e. The smallest absolute Gasteiger partial charge is 0.351 e. The Balaban J connectivity index is 5.52. The molecule has 0 aliphatic rings. The van der Waals surface area contributed by atoms with Crippen molar-refractivity contribution in [2.45, 2.75) is 41.5 Å². The molecule has 0 aromatic carbocycles. The molecular formula is C12H30O10SSi2. The summed E-state index contributed by atoms with van der Waals surface area (Å²) in [7, 11) is -12.6. The van der Waals surface area contributed by atoms with E-state index in [1.54, 1.807) is 41.5 Å². The summed E-state index contributed by atoms with van der Waals surface area (Å²) in [5, 5.41) is 0. The average Bonchev–Trinajstić information content (AvgIpc) is 2.47. The first-order valence-corrected chi connectivity index (χ1v) is 12.9. The summed E-state index contributed by atoms with van der Waals surface area (Å²) >= 11 is 0. The number of hydrogen-bond donors (Lipinski definition) is 0. The Hall–Kier alpha value is 0.0638. The van der Waals surface area contributed by atoms with Crippen molar-refractivity contribution in [1.82, 2.24) is 0 Å². The standard InChI is InChI=1S/C12H30O10SSi2/c1-7-15-24(16-8-2,17-9-3)21-23(13,14)22-25(18-10-4,19-11-5)20-12-6/h7-12H2,1-6H3. The van der Waals surface area contributed by atoms with E-state index in [1.165, 1.54) is 0 Å². The molecule has 0 saturated carbocycles. The topological polar surface area (TPSA) is 108 Å². The predicted octanol–water partition coefficient (Wildman–Crippen LogP) is 1.35. The van der Waals surface area contributed by atoms with Crippen LogP contribution in [-0.2, 0) is 44.7 Å². The molecule has 0 bridgehead atoms. The first-order valence-electron chi connectivity index (χ1n) is 8.27. The van der Waals surface area contributed by atoms with Gasteiger partial charge in [-0.05, 0) is 41.5 Å². The lowest BCUT2D eigenvalue weighted by atomic mass is 10.9. The zero-order valence-corrected chi connectivity index (χ0v) is 18.5. The van der Waals surface area contributed by atoms with Crippen LogP contribution in [0, 0.1) is 0 Å². The minimum absolute atomic E-state index is 0.132. The molecule has 13 heteroatoms. The quantitative estimate of drug-likeness (QED) is 0.338. The molecule has 0 aromatic heterocycles. The minimum atomic E-state index is -4.66. The maximum absolute atomic E-state index is 12.5. The Kier molecular flexibility index (Phi) is 12.5. The van der Waals surface area contributed by atoms with E-state index in [9.17, 15) is 8.42 Å². The molecule has 0 radical (unpaired) electrons. The second-order valence-electron chi connectivity index (χ2n) is 4.17. The van der Waals surface area contributed by atoms with Gasteiger partial charge in [0.05, 0.1) is 0 Å². The molecule has 0 unspecified atom stereocenters. The second kappa shape index (κ2) is 12.5. The molecule has 0 spiro atoms. The van der Waals surface area contributed by atoms with E-state index in [-0.39, 0.29) is 39.6 Å². The summed E-state index contributed by atoms with van der Waals surface area (Å²) in [5.41, 5.74) is 0. The van der Waals surface area contributed by atoms with Gasteiger partial charge < -0.3 is 26.6 Å². The van der Waals surface area contributed by atoms with Crippen LogP contribution in [0.3, 0.4) is 0 Å². The van der Waals surface area contributed by atoms with Crippen LogP contribution in [0.5, 0.6) is 0 Å². The molecule has 0 saturated heterocycles. The van der Waals surface area contributed by atoms with Crippen LogP contribution < -0.4 is 0 Å². The predicted molar refractivity (Wildman–Crippen MR) is 92.4 cm³/mol. The van der Waals surface area contributed by atoms with E-state index >= 15 is 0 Å². The van der Waals surface area contributed by atoms with Gasteiger partial charge in [0.2, 0.25) is 0 Å². The molecule has 0 rings (SSSR count). The zero-order chi connectivity index (χ0) is 19.4. The zero-order valence-electron chi connectivity index (χ0n) is 15.7. The number of hydrogen-bond acceptors (Lipinski definition) is 10. The van der Waals surface area contributed by atoms with Crippen molar-refractivity contribution in [3.63, 3.8) is 0 Å². The van der Waals surface area contributed by atoms with Crippen LogP contribution in [0.1, 0.15) is 41.5 Å². The third-order valence-electron chi connectivity index (χ3n) is 2.33. The van der Waals surface area contributed by atoms with E-state index < -0.39 is 28.5 Å². The maximum atomic E-state index is 12.5. The monoisotopic (exact) mass is 422 g/mol. The Morgan fingerprint density at radius 2 is 0.720 bits per heavy atom. The molecular weight excluding hydrogens is 392 g/mol. The fraction of sp³-hybridized carbons (Fsp3) is 1.00. The van der Waals surface area contributed by atoms with E-state index in [0.29, 0.717) is 0 Å². The van der Waals surface area contributed by atoms with Gasteiger partial charge in [0.1, 0.15) is 0 Å². The second-order valence-corrected chi connectivity index (χ2v) is 10.1. The van der Waals surface area contributed by atoms with Crippen molar-refractivity contribution >= 4 is 28.5 Å². The van der Waals surface area contributed by atoms with Gasteiger partial charge in [-0.25, -0.2) is 7.74 Å². The van der Waals surface area contributed by atoms with Crippen molar-refractivity contribution in [2.24, 2.45) is 0 Å². The largest absolute Gasteiger partial charge is 0.696 e. The van der Waals surface area contributed by atoms with Gasteiger partial charge in [0.25, 0.3) is 0 Å². The molecule has 152 valence electrons. The lowest BCUT2D eigenvalue weighted by molar-refractivity contribution is -0.00680. The molecule has 0 aliphatic carbocycles. The molecule has 0 aromatic rings. The molecule has 0 fully saturated rings. The fourth-order valence-electron chi connectivity index (χ4n) is 1.72. The summed E-state index contributed by atoms with van der Waals surface area (Å²) in [6, 6.07) is 0. The van der Waals surface area contributed by atoms with E-state index in [1.807, 2.05) is 0 Å². The summed E-state index contributed by atoms with van der Waals surface area (Å²) in [6.07, 6.45) is 0. The van der Waals surface area contributed by atoms with Gasteiger partial charge >= 0.3 is 28.5 Å². The van der Waals surface area contributed by atoms with Crippen LogP contribution in [0.15, 0.2) is 0 Å². The maximum Gasteiger partial charge on any atom is 0.696 e. The summed E-state index contributed by atoms with van der Waals surface area (Å²) in [5.74, 6) is 0. The Labute approximate surface area is 152 Å². The van der Waals surface area contributed by atoms with Gasteiger partial charge in [-0.3, -0.25) is 0 Å². The van der Waals surface area contributed by atoms with Gasteiger partial charge in [-0.2, -0.15) is 8.42 Å². The normalized spacial score (nSPS) is 13.4. The highest BCUT2D eigenvalue weighted by molar-refractivity contribution is 7.83. The van der Waals surface area contributed by atoms with Gasteiger partial charge in [0, 0.05) is 39.6 Å². The Bertz CT molecular complexity index is 379. The van der Waals surface area contributed by atoms with Crippen molar-refractivity contribution in [1.29, 1.82) is 0 Å². The van der Waals surface area contributed by atoms with Crippen LogP contribution in [0.25, 0.3) is 0 Å². The van der Waals surface area contributed by atoms with Gasteiger partial charge in [-0.15, -0.1) is 0 Å². The van der Waals surface area contributed by atoms with Crippen molar-refractivity contribution in [2.75, 3.05) is 39.6 Å². The van der Waals surface area contributed by atoms with E-state index in [0.717, 1.165) is 0 Å². The molecule has 25 heavy (non-hydrogen) atoms. The van der Waals surface area contributed by atoms with E-state index in [2.05, 4.69) is 0 Å². The van der Waals surface area contributed by atoms with Gasteiger partial charge in [-0.1, -0.05) is 0 Å². The molecule has 0 heterocycles. The summed E-state index contributed by atoms with van der Waals surface area (Å²) in [4.78, 5) is 0. The first-order chi connectivity index (χ1) is 11.8. The highest BCUT2D eigenvalue weighted by Crippen LogP contribution is 2.21. The molecule has 0 aliphatic heterocycles. The van der Waals surface area contributed by atoms with Crippen molar-refractivity contribution in [3.8, 4) is 0 Å². The highest BCUT2D eigenvalue weighted by atomic mass is 32.3. The Morgan fingerprint density at radius 1 is 0.520 bits per heavy atom. The molecule has 0 atom stereocenters. The van der Waals surface area contributed by atoms with E-state index in [4.69, 9.17) is 34.3 Å². The van der Waals surface area contributed by atoms with Crippen molar-refractivity contribution in [3.05, 3.63) is 0 Å². The Morgan fingerprint density at radius 3 is 0.880 bits per heavy atom. The summed E-state index contributed by atoms with van der Waals surface area (Å²) < 4.78 is 67.1. The molecule has 0 amide bonds. The van der Waals surface area contributed by atoms with Crippen LogP contribution in [-0.4, -0.2) is 66.2 Å². The first kappa shape index (κ1) is 25.1. The lowest BCUT2D eigenvalue weighted by Gasteiger charge is -2.29. The highest BCUT2D eigenvalue weighted by Gasteiger charge is 2.56. The van der Waals surface area contributed by atoms with Gasteiger partial charge in [0.15, 0.2) is 0 Å². The third-order valence-corrected chi connectivity index (χ3v) is 9.45. The fourth-order valence-corrected chi connectivity index (χ4v) is 7.94. The third kappa shape index (κ3) is 9.01. The van der Waals surface area contributed by atoms with Crippen molar-refractivity contribution < 1.29 is 42.7 Å². The molecule has 10 nitrogen and oxygen atoms in total. The summed E-state index contributed by atoms with van der Waals surface area (Å²) in [6.45, 7) is 10.8.